The monoisotopic (exact) mass is 283 g/mol. The van der Waals surface area contributed by atoms with E-state index in [1.165, 1.54) is 6.08 Å². The van der Waals surface area contributed by atoms with Crippen LogP contribution in [0.3, 0.4) is 0 Å². The van der Waals surface area contributed by atoms with Gasteiger partial charge in [-0.2, -0.15) is 5.10 Å². The van der Waals surface area contributed by atoms with Crippen LogP contribution >= 0.6 is 11.6 Å². The Kier molecular flexibility index (Phi) is 4.27. The lowest BCUT2D eigenvalue weighted by atomic mass is 10.2. The van der Waals surface area contributed by atoms with Crippen molar-refractivity contribution in [2.24, 2.45) is 7.05 Å². The van der Waals surface area contributed by atoms with E-state index in [0.717, 1.165) is 24.1 Å². The predicted octanol–water partition coefficient (Wildman–Crippen LogP) is 1.38. The van der Waals surface area contributed by atoms with Gasteiger partial charge >= 0.3 is 0 Å². The Hall–Kier alpha value is -1.33. The number of halogens is 1. The highest BCUT2D eigenvalue weighted by Crippen LogP contribution is 2.21. The number of hydrogen-bond acceptors (Lipinski definition) is 3. The summed E-state index contributed by atoms with van der Waals surface area (Å²) in [4.78, 5) is 13.8. The minimum absolute atomic E-state index is 0.0201. The number of carbonyl (C=O) groups is 1. The van der Waals surface area contributed by atoms with Crippen LogP contribution in [0.25, 0.3) is 6.08 Å². The van der Waals surface area contributed by atoms with Gasteiger partial charge in [0.05, 0.1) is 18.3 Å². The molecule has 0 saturated carbocycles. The lowest BCUT2D eigenvalue weighted by Gasteiger charge is -2.21. The standard InChI is InChI=1S/C13H18ClN3O2/c1-9-11(13(14)16(2)15-9)5-6-12(19)17-7-3-4-10(17)8-18/h5-6,10,18H,3-4,7-8H2,1-2H3/t10-/m0/s1. The average molecular weight is 284 g/mol. The highest BCUT2D eigenvalue weighted by molar-refractivity contribution is 6.31. The number of aliphatic hydroxyl groups excluding tert-OH is 1. The molecular formula is C13H18ClN3O2. The number of hydrogen-bond donors (Lipinski definition) is 1. The molecule has 0 unspecified atom stereocenters. The molecule has 0 bridgehead atoms. The predicted molar refractivity (Wildman–Crippen MR) is 73.8 cm³/mol. The number of aromatic nitrogens is 2. The van der Waals surface area contributed by atoms with Crippen LogP contribution in [-0.2, 0) is 11.8 Å². The Morgan fingerprint density at radius 1 is 1.63 bits per heavy atom. The van der Waals surface area contributed by atoms with Crippen molar-refractivity contribution in [3.63, 3.8) is 0 Å². The number of aliphatic hydroxyl groups is 1. The molecule has 1 aliphatic rings. The molecule has 104 valence electrons. The van der Waals surface area contributed by atoms with E-state index in [4.69, 9.17) is 11.6 Å². The summed E-state index contributed by atoms with van der Waals surface area (Å²) in [6, 6.07) is -0.0531. The van der Waals surface area contributed by atoms with Crippen molar-refractivity contribution in [3.05, 3.63) is 22.5 Å². The van der Waals surface area contributed by atoms with Gasteiger partial charge in [-0.1, -0.05) is 11.6 Å². The fraction of sp³-hybridized carbons (Fsp3) is 0.538. The first-order valence-corrected chi connectivity index (χ1v) is 6.71. The van der Waals surface area contributed by atoms with Gasteiger partial charge in [0.25, 0.3) is 0 Å². The normalized spacial score (nSPS) is 19.6. The van der Waals surface area contributed by atoms with Gasteiger partial charge in [0.2, 0.25) is 5.91 Å². The largest absolute Gasteiger partial charge is 0.394 e. The minimum Gasteiger partial charge on any atom is -0.394 e. The molecule has 2 heterocycles. The van der Waals surface area contributed by atoms with Gasteiger partial charge in [0.15, 0.2) is 0 Å². The zero-order chi connectivity index (χ0) is 14.0. The summed E-state index contributed by atoms with van der Waals surface area (Å²) in [7, 11) is 1.76. The maximum Gasteiger partial charge on any atom is 0.246 e. The van der Waals surface area contributed by atoms with E-state index in [0.29, 0.717) is 11.7 Å². The summed E-state index contributed by atoms with van der Waals surface area (Å²) in [6.45, 7) is 2.57. The van der Waals surface area contributed by atoms with Crippen LogP contribution in [0.15, 0.2) is 6.08 Å². The first kappa shape index (κ1) is 14.1. The third kappa shape index (κ3) is 2.82. The maximum atomic E-state index is 12.1. The molecule has 5 nitrogen and oxygen atoms in total. The van der Waals surface area contributed by atoms with E-state index in [1.54, 1.807) is 22.7 Å². The maximum absolute atomic E-state index is 12.1. The molecule has 0 spiro atoms. The second kappa shape index (κ2) is 5.75. The molecule has 1 saturated heterocycles. The molecule has 0 aliphatic carbocycles. The number of likely N-dealkylation sites (tertiary alicyclic amines) is 1. The average Bonchev–Trinajstić information content (AvgIpc) is 2.94. The minimum atomic E-state index is -0.0872. The SMILES string of the molecule is Cc1nn(C)c(Cl)c1C=CC(=O)N1CCC[C@H]1CO. The van der Waals surface area contributed by atoms with Gasteiger partial charge in [-0.3, -0.25) is 9.48 Å². The summed E-state index contributed by atoms with van der Waals surface area (Å²) in [5, 5.41) is 13.9. The van der Waals surface area contributed by atoms with Crippen molar-refractivity contribution in [1.29, 1.82) is 0 Å². The number of carbonyl (C=O) groups excluding carboxylic acids is 1. The van der Waals surface area contributed by atoms with Gasteiger partial charge in [0, 0.05) is 25.2 Å². The van der Waals surface area contributed by atoms with E-state index in [-0.39, 0.29) is 18.6 Å². The van der Waals surface area contributed by atoms with Crippen LogP contribution in [0, 0.1) is 6.92 Å². The lowest BCUT2D eigenvalue weighted by molar-refractivity contribution is -0.127. The fourth-order valence-corrected chi connectivity index (χ4v) is 2.64. The first-order valence-electron chi connectivity index (χ1n) is 6.33. The molecule has 2 rings (SSSR count). The summed E-state index contributed by atoms with van der Waals surface area (Å²) in [5.41, 5.74) is 1.55. The van der Waals surface area contributed by atoms with Crippen molar-refractivity contribution < 1.29 is 9.90 Å². The Balaban J connectivity index is 2.12. The van der Waals surface area contributed by atoms with Gasteiger partial charge in [-0.05, 0) is 25.8 Å². The van der Waals surface area contributed by atoms with Crippen LogP contribution in [0.5, 0.6) is 0 Å². The van der Waals surface area contributed by atoms with Crippen LogP contribution in [-0.4, -0.2) is 44.9 Å². The fourth-order valence-electron chi connectivity index (χ4n) is 2.40. The molecule has 1 amide bonds. The molecular weight excluding hydrogens is 266 g/mol. The van der Waals surface area contributed by atoms with E-state index >= 15 is 0 Å². The zero-order valence-electron chi connectivity index (χ0n) is 11.1. The van der Waals surface area contributed by atoms with E-state index in [1.807, 2.05) is 6.92 Å². The van der Waals surface area contributed by atoms with Crippen molar-refractivity contribution >= 4 is 23.6 Å². The Labute approximate surface area is 117 Å². The Morgan fingerprint density at radius 3 is 2.95 bits per heavy atom. The third-order valence-corrected chi connectivity index (χ3v) is 3.91. The molecule has 0 radical (unpaired) electrons. The Morgan fingerprint density at radius 2 is 2.37 bits per heavy atom. The van der Waals surface area contributed by atoms with Crippen LogP contribution < -0.4 is 0 Å². The second-order valence-corrected chi connectivity index (χ2v) is 5.12. The topological polar surface area (TPSA) is 58.4 Å². The molecule has 19 heavy (non-hydrogen) atoms. The Bertz CT molecular complexity index is 510. The smallest absolute Gasteiger partial charge is 0.246 e. The summed E-state index contributed by atoms with van der Waals surface area (Å²) in [5.74, 6) is -0.0872. The van der Waals surface area contributed by atoms with Crippen molar-refractivity contribution in [2.75, 3.05) is 13.2 Å². The highest BCUT2D eigenvalue weighted by Gasteiger charge is 2.26. The van der Waals surface area contributed by atoms with E-state index in [2.05, 4.69) is 5.10 Å². The van der Waals surface area contributed by atoms with Gasteiger partial charge in [-0.25, -0.2) is 0 Å². The molecule has 1 N–H and O–H groups in total. The van der Waals surface area contributed by atoms with E-state index in [9.17, 15) is 9.90 Å². The lowest BCUT2D eigenvalue weighted by Crippen LogP contribution is -2.36. The molecule has 1 atom stereocenters. The number of nitrogens with zero attached hydrogens (tertiary/aromatic N) is 3. The molecule has 1 fully saturated rings. The molecule has 1 aromatic heterocycles. The molecule has 1 aliphatic heterocycles. The van der Waals surface area contributed by atoms with Crippen LogP contribution in [0.2, 0.25) is 5.15 Å². The number of amides is 1. The van der Waals surface area contributed by atoms with Gasteiger partial charge in [0.1, 0.15) is 5.15 Å². The molecule has 1 aromatic rings. The van der Waals surface area contributed by atoms with Gasteiger partial charge in [-0.15, -0.1) is 0 Å². The van der Waals surface area contributed by atoms with Crippen molar-refractivity contribution in [2.45, 2.75) is 25.8 Å². The van der Waals surface area contributed by atoms with Crippen LogP contribution in [0.4, 0.5) is 0 Å². The van der Waals surface area contributed by atoms with Crippen LogP contribution in [0.1, 0.15) is 24.1 Å². The summed E-state index contributed by atoms with van der Waals surface area (Å²) >= 11 is 6.10. The highest BCUT2D eigenvalue weighted by atomic mass is 35.5. The quantitative estimate of drug-likeness (QED) is 0.853. The summed E-state index contributed by atoms with van der Waals surface area (Å²) in [6.07, 6.45) is 5.00. The van der Waals surface area contributed by atoms with Crippen molar-refractivity contribution in [3.8, 4) is 0 Å². The van der Waals surface area contributed by atoms with Crippen molar-refractivity contribution in [1.82, 2.24) is 14.7 Å². The number of rotatable bonds is 3. The zero-order valence-corrected chi connectivity index (χ0v) is 11.9. The first-order chi connectivity index (χ1) is 9.04. The molecule has 6 heteroatoms. The summed E-state index contributed by atoms with van der Waals surface area (Å²) < 4.78 is 1.58. The van der Waals surface area contributed by atoms with E-state index < -0.39 is 0 Å². The number of aryl methyl sites for hydroxylation is 2. The third-order valence-electron chi connectivity index (χ3n) is 3.46. The second-order valence-electron chi connectivity index (χ2n) is 4.76. The van der Waals surface area contributed by atoms with Gasteiger partial charge < -0.3 is 10.0 Å². The molecule has 0 aromatic carbocycles.